The van der Waals surface area contributed by atoms with Gasteiger partial charge >= 0.3 is 0 Å². The van der Waals surface area contributed by atoms with E-state index in [9.17, 15) is 8.42 Å². The van der Waals surface area contributed by atoms with Crippen LogP contribution in [0.5, 0.6) is 0 Å². The molecule has 6 heteroatoms. The van der Waals surface area contributed by atoms with Gasteiger partial charge in [-0.05, 0) is 18.2 Å². The van der Waals surface area contributed by atoms with Crippen LogP contribution in [0.1, 0.15) is 0 Å². The Bertz CT molecular complexity index is 363. The molecule has 0 aliphatic heterocycles. The molecular formula is C6H5BrO3SZn. The van der Waals surface area contributed by atoms with E-state index in [1.54, 1.807) is 6.07 Å². The molecule has 0 aliphatic rings. The summed E-state index contributed by atoms with van der Waals surface area (Å²) in [5, 5.41) is 0. The van der Waals surface area contributed by atoms with Gasteiger partial charge in [0.05, 0.1) is 4.90 Å². The Labute approximate surface area is 91.8 Å². The first-order chi connectivity index (χ1) is 5.00. The maximum absolute atomic E-state index is 10.5. The largest absolute Gasteiger partial charge is 0.294 e. The molecule has 0 aliphatic carbocycles. The molecule has 0 radical (unpaired) electrons. The summed E-state index contributed by atoms with van der Waals surface area (Å²) in [6, 6.07) is 5.86. The molecule has 12 heavy (non-hydrogen) atoms. The molecule has 0 spiro atoms. The molecule has 1 aromatic rings. The Hall–Kier alpha value is 0.233. The van der Waals surface area contributed by atoms with Crippen LogP contribution in [0.3, 0.4) is 0 Å². The zero-order chi connectivity index (χ0) is 8.48. The molecule has 1 rings (SSSR count). The predicted octanol–water partition coefficient (Wildman–Crippen LogP) is 1.69. The summed E-state index contributed by atoms with van der Waals surface area (Å²) >= 11 is 3.08. The van der Waals surface area contributed by atoms with E-state index in [2.05, 4.69) is 15.9 Å². The Kier molecular flexibility index (Phi) is 4.55. The molecule has 0 heterocycles. The van der Waals surface area contributed by atoms with Crippen molar-refractivity contribution in [2.75, 3.05) is 0 Å². The number of hydrogen-bond donors (Lipinski definition) is 1. The molecule has 1 aromatic carbocycles. The first-order valence-corrected chi connectivity index (χ1v) is 4.96. The quantitative estimate of drug-likeness (QED) is 0.634. The fourth-order valence-electron chi connectivity index (χ4n) is 0.627. The third-order valence-electron chi connectivity index (χ3n) is 1.09. The summed E-state index contributed by atoms with van der Waals surface area (Å²) in [5.41, 5.74) is 0. The summed E-state index contributed by atoms with van der Waals surface area (Å²) in [7, 11) is -4.06. The zero-order valence-corrected chi connectivity index (χ0v) is 11.4. The average molecular weight is 302 g/mol. The van der Waals surface area contributed by atoms with Crippen molar-refractivity contribution in [1.29, 1.82) is 0 Å². The van der Waals surface area contributed by atoms with Gasteiger partial charge in [0.1, 0.15) is 0 Å². The van der Waals surface area contributed by atoms with Gasteiger partial charge in [-0.15, -0.1) is 0 Å². The van der Waals surface area contributed by atoms with Crippen molar-refractivity contribution in [1.82, 2.24) is 0 Å². The fraction of sp³-hybridized carbons (Fsp3) is 0. The van der Waals surface area contributed by atoms with Gasteiger partial charge in [0.2, 0.25) is 0 Å². The van der Waals surface area contributed by atoms with Crippen molar-refractivity contribution < 1.29 is 32.4 Å². The summed E-state index contributed by atoms with van der Waals surface area (Å²) < 4.78 is 30.2. The molecule has 0 saturated carbocycles. The molecule has 0 fully saturated rings. The molecule has 0 bridgehead atoms. The first kappa shape index (κ1) is 12.2. The van der Waals surface area contributed by atoms with E-state index in [0.29, 0.717) is 4.47 Å². The van der Waals surface area contributed by atoms with Crippen LogP contribution in [-0.4, -0.2) is 13.0 Å². The zero-order valence-electron chi connectivity index (χ0n) is 6.07. The van der Waals surface area contributed by atoms with Crippen LogP contribution in [0.4, 0.5) is 0 Å². The second kappa shape index (κ2) is 4.46. The topological polar surface area (TPSA) is 54.4 Å². The Morgan fingerprint density at radius 1 is 1.33 bits per heavy atom. The van der Waals surface area contributed by atoms with E-state index < -0.39 is 10.1 Å². The third kappa shape index (κ3) is 3.31. The number of benzene rings is 1. The normalized spacial score (nSPS) is 10.5. The standard InChI is InChI=1S/C6H5BrO3S.Zn/c7-5-2-1-3-6(4-5)11(8,9)10;/h1-4H,(H,8,9,10);. The van der Waals surface area contributed by atoms with Crippen LogP contribution in [0.15, 0.2) is 33.6 Å². The maximum atomic E-state index is 10.5. The molecule has 0 amide bonds. The maximum Gasteiger partial charge on any atom is 0.294 e. The number of halogens is 1. The minimum atomic E-state index is -4.06. The van der Waals surface area contributed by atoms with Gasteiger partial charge in [-0.25, -0.2) is 0 Å². The summed E-state index contributed by atoms with van der Waals surface area (Å²) in [6.07, 6.45) is 0. The van der Waals surface area contributed by atoms with Gasteiger partial charge in [-0.2, -0.15) is 8.42 Å². The van der Waals surface area contributed by atoms with E-state index >= 15 is 0 Å². The molecule has 1 N–H and O–H groups in total. The van der Waals surface area contributed by atoms with E-state index in [1.807, 2.05) is 0 Å². The van der Waals surface area contributed by atoms with Gasteiger partial charge in [0.25, 0.3) is 10.1 Å². The number of rotatable bonds is 1. The predicted molar refractivity (Wildman–Crippen MR) is 44.0 cm³/mol. The van der Waals surface area contributed by atoms with Crippen molar-refractivity contribution in [3.05, 3.63) is 28.7 Å². The van der Waals surface area contributed by atoms with Crippen LogP contribution in [0.2, 0.25) is 0 Å². The van der Waals surface area contributed by atoms with Gasteiger partial charge in [-0.1, -0.05) is 22.0 Å². The molecule has 62 valence electrons. The monoisotopic (exact) mass is 300 g/mol. The SMILES string of the molecule is O=S(=O)(O)c1cccc(Br)c1.[Zn]. The van der Waals surface area contributed by atoms with Crippen molar-refractivity contribution >= 4 is 26.0 Å². The smallest absolute Gasteiger partial charge is 0.282 e. The Morgan fingerprint density at radius 2 is 1.92 bits per heavy atom. The first-order valence-electron chi connectivity index (χ1n) is 2.73. The van der Waals surface area contributed by atoms with Crippen LogP contribution in [-0.2, 0) is 29.6 Å². The molecule has 0 aromatic heterocycles. The van der Waals surface area contributed by atoms with E-state index in [1.165, 1.54) is 18.2 Å². The van der Waals surface area contributed by atoms with Crippen molar-refractivity contribution in [3.63, 3.8) is 0 Å². The molecule has 0 atom stereocenters. The Balaban J connectivity index is 0.00000121. The van der Waals surface area contributed by atoms with Crippen LogP contribution in [0, 0.1) is 0 Å². The van der Waals surface area contributed by atoms with Crippen molar-refractivity contribution in [2.24, 2.45) is 0 Å². The Morgan fingerprint density at radius 3 is 2.25 bits per heavy atom. The second-order valence-corrected chi connectivity index (χ2v) is 4.27. The summed E-state index contributed by atoms with van der Waals surface area (Å²) in [5.74, 6) is 0. The van der Waals surface area contributed by atoms with Crippen molar-refractivity contribution in [2.45, 2.75) is 4.90 Å². The van der Waals surface area contributed by atoms with Gasteiger partial charge in [0.15, 0.2) is 0 Å². The molecule has 3 nitrogen and oxygen atoms in total. The van der Waals surface area contributed by atoms with E-state index in [0.717, 1.165) is 0 Å². The van der Waals surface area contributed by atoms with Crippen LogP contribution < -0.4 is 0 Å². The van der Waals surface area contributed by atoms with E-state index in [4.69, 9.17) is 4.55 Å². The van der Waals surface area contributed by atoms with Gasteiger partial charge < -0.3 is 0 Å². The molecule has 0 saturated heterocycles. The minimum Gasteiger partial charge on any atom is -0.282 e. The van der Waals surface area contributed by atoms with Gasteiger partial charge in [-0.3, -0.25) is 4.55 Å². The molecule has 0 unspecified atom stereocenters. The minimum absolute atomic E-state index is 0. The number of hydrogen-bond acceptors (Lipinski definition) is 2. The van der Waals surface area contributed by atoms with Crippen LogP contribution >= 0.6 is 15.9 Å². The van der Waals surface area contributed by atoms with Crippen LogP contribution in [0.25, 0.3) is 0 Å². The van der Waals surface area contributed by atoms with Gasteiger partial charge in [0, 0.05) is 24.0 Å². The third-order valence-corrected chi connectivity index (χ3v) is 2.44. The fourth-order valence-corrected chi connectivity index (χ4v) is 1.70. The average Bonchev–Trinajstić information content (AvgIpc) is 1.86. The summed E-state index contributed by atoms with van der Waals surface area (Å²) in [4.78, 5) is -0.105. The van der Waals surface area contributed by atoms with Crippen molar-refractivity contribution in [3.8, 4) is 0 Å². The second-order valence-electron chi connectivity index (χ2n) is 1.93. The summed E-state index contributed by atoms with van der Waals surface area (Å²) in [6.45, 7) is 0. The van der Waals surface area contributed by atoms with E-state index in [-0.39, 0.29) is 24.4 Å². The molecular weight excluding hydrogens is 297 g/mol.